The van der Waals surface area contributed by atoms with Gasteiger partial charge in [-0.3, -0.25) is 10.1 Å². The van der Waals surface area contributed by atoms with Gasteiger partial charge in [0.15, 0.2) is 0 Å². The van der Waals surface area contributed by atoms with Crippen LogP contribution in [0, 0.1) is 0 Å². The van der Waals surface area contributed by atoms with E-state index in [-0.39, 0.29) is 5.37 Å². The summed E-state index contributed by atoms with van der Waals surface area (Å²) in [5.74, 6) is 1.93. The second kappa shape index (κ2) is 6.93. The third-order valence-electron chi connectivity index (χ3n) is 3.54. The average Bonchev–Trinajstić information content (AvgIpc) is 3.06. The normalized spacial score (nSPS) is 20.2. The van der Waals surface area contributed by atoms with Crippen LogP contribution in [0.2, 0.25) is 0 Å². The maximum Gasteiger partial charge on any atom is 0.321 e. The fourth-order valence-corrected chi connectivity index (χ4v) is 3.55. The molecule has 6 heteroatoms. The van der Waals surface area contributed by atoms with E-state index in [1.165, 1.54) is 0 Å². The average molecular weight is 331 g/mol. The summed E-state index contributed by atoms with van der Waals surface area (Å²) in [4.78, 5) is 11.0. The van der Waals surface area contributed by atoms with Crippen molar-refractivity contribution < 1.29 is 19.4 Å². The first-order valence-corrected chi connectivity index (χ1v) is 8.23. The molecule has 2 unspecified atom stereocenters. The van der Waals surface area contributed by atoms with Crippen molar-refractivity contribution in [2.75, 3.05) is 12.9 Å². The summed E-state index contributed by atoms with van der Waals surface area (Å²) in [5.41, 5.74) is 1.04. The summed E-state index contributed by atoms with van der Waals surface area (Å²) < 4.78 is 11.0. The van der Waals surface area contributed by atoms with E-state index in [4.69, 9.17) is 14.6 Å². The van der Waals surface area contributed by atoms with Crippen molar-refractivity contribution in [2.24, 2.45) is 0 Å². The Balaban J connectivity index is 1.66. The molecule has 3 rings (SSSR count). The molecular weight excluding hydrogens is 314 g/mol. The minimum atomic E-state index is -0.807. The molecule has 0 aromatic heterocycles. The Labute approximate surface area is 138 Å². The Bertz CT molecular complexity index is 689. The summed E-state index contributed by atoms with van der Waals surface area (Å²) in [5, 5.41) is 12.1. The number of rotatable bonds is 5. The molecule has 2 atom stereocenters. The van der Waals surface area contributed by atoms with Gasteiger partial charge in [-0.15, -0.1) is 11.8 Å². The second-order valence-electron chi connectivity index (χ2n) is 5.12. The number of methoxy groups -OCH3 is 1. The molecule has 2 aromatic rings. The molecule has 1 saturated heterocycles. The highest BCUT2D eigenvalue weighted by molar-refractivity contribution is 7.99. The van der Waals surface area contributed by atoms with Crippen LogP contribution < -0.4 is 14.8 Å². The fraction of sp³-hybridized carbons (Fsp3) is 0.235. The van der Waals surface area contributed by atoms with Crippen LogP contribution in [0.1, 0.15) is 10.9 Å². The van der Waals surface area contributed by atoms with E-state index >= 15 is 0 Å². The molecule has 1 heterocycles. The molecule has 2 N–H and O–H groups in total. The second-order valence-corrected chi connectivity index (χ2v) is 6.26. The molecule has 1 fully saturated rings. The van der Waals surface area contributed by atoms with Crippen LogP contribution >= 0.6 is 11.8 Å². The van der Waals surface area contributed by atoms with Crippen molar-refractivity contribution in [3.63, 3.8) is 0 Å². The topological polar surface area (TPSA) is 67.8 Å². The standard InChI is InChI=1S/C17H17NO4S/c1-21-13-3-2-4-14(9-13)22-12-7-5-11(6-8-12)16-18-15(10-23-16)17(19)20/h2-9,15-16,18H,10H2,1H3,(H,19,20). The molecule has 0 saturated carbocycles. The molecular formula is C17H17NO4S. The maximum atomic E-state index is 11.0. The van der Waals surface area contributed by atoms with Crippen LogP contribution in [0.25, 0.3) is 0 Å². The van der Waals surface area contributed by atoms with Crippen LogP contribution in [-0.2, 0) is 4.79 Å². The first-order chi connectivity index (χ1) is 11.2. The van der Waals surface area contributed by atoms with E-state index in [2.05, 4.69) is 5.32 Å². The van der Waals surface area contributed by atoms with E-state index in [1.807, 2.05) is 48.5 Å². The maximum absolute atomic E-state index is 11.0. The number of ether oxygens (including phenoxy) is 2. The van der Waals surface area contributed by atoms with E-state index in [1.54, 1.807) is 18.9 Å². The van der Waals surface area contributed by atoms with Crippen molar-refractivity contribution in [2.45, 2.75) is 11.4 Å². The number of carboxylic acids is 1. The highest BCUT2D eigenvalue weighted by Gasteiger charge is 2.30. The molecule has 5 nitrogen and oxygen atoms in total. The molecule has 0 spiro atoms. The van der Waals surface area contributed by atoms with Gasteiger partial charge in [0.05, 0.1) is 12.5 Å². The summed E-state index contributed by atoms with van der Waals surface area (Å²) in [6.45, 7) is 0. The van der Waals surface area contributed by atoms with Crippen LogP contribution in [0.4, 0.5) is 0 Å². The van der Waals surface area contributed by atoms with E-state index in [0.29, 0.717) is 11.5 Å². The van der Waals surface area contributed by atoms with Gasteiger partial charge in [0.1, 0.15) is 23.3 Å². The van der Waals surface area contributed by atoms with Crippen molar-refractivity contribution in [1.82, 2.24) is 5.32 Å². The minimum Gasteiger partial charge on any atom is -0.497 e. The summed E-state index contributed by atoms with van der Waals surface area (Å²) in [7, 11) is 1.62. The first-order valence-electron chi connectivity index (χ1n) is 7.18. The highest BCUT2D eigenvalue weighted by Crippen LogP contribution is 2.34. The molecule has 1 aliphatic rings. The van der Waals surface area contributed by atoms with Crippen molar-refractivity contribution >= 4 is 17.7 Å². The van der Waals surface area contributed by atoms with Crippen LogP contribution in [0.3, 0.4) is 0 Å². The monoisotopic (exact) mass is 331 g/mol. The van der Waals surface area contributed by atoms with Gasteiger partial charge in [-0.05, 0) is 29.8 Å². The van der Waals surface area contributed by atoms with Gasteiger partial charge < -0.3 is 14.6 Å². The van der Waals surface area contributed by atoms with Crippen LogP contribution in [0.15, 0.2) is 48.5 Å². The largest absolute Gasteiger partial charge is 0.497 e. The van der Waals surface area contributed by atoms with Crippen LogP contribution in [-0.4, -0.2) is 30.0 Å². The number of hydrogen-bond donors (Lipinski definition) is 2. The molecule has 0 aliphatic carbocycles. The molecule has 23 heavy (non-hydrogen) atoms. The van der Waals surface area contributed by atoms with Gasteiger partial charge in [-0.1, -0.05) is 18.2 Å². The Kier molecular flexibility index (Phi) is 4.73. The fourth-order valence-electron chi connectivity index (χ4n) is 2.32. The van der Waals surface area contributed by atoms with Crippen molar-refractivity contribution in [1.29, 1.82) is 0 Å². The van der Waals surface area contributed by atoms with Crippen molar-refractivity contribution in [3.05, 3.63) is 54.1 Å². The Morgan fingerprint density at radius 1 is 1.17 bits per heavy atom. The Morgan fingerprint density at radius 2 is 1.91 bits per heavy atom. The number of hydrogen-bond acceptors (Lipinski definition) is 5. The third kappa shape index (κ3) is 3.78. The zero-order chi connectivity index (χ0) is 16.2. The molecule has 0 bridgehead atoms. The molecule has 120 valence electrons. The molecule has 2 aromatic carbocycles. The van der Waals surface area contributed by atoms with Gasteiger partial charge >= 0.3 is 5.97 Å². The summed E-state index contributed by atoms with van der Waals surface area (Å²) >= 11 is 1.60. The zero-order valence-electron chi connectivity index (χ0n) is 12.6. The molecule has 1 aliphatic heterocycles. The summed E-state index contributed by atoms with van der Waals surface area (Å²) in [6, 6.07) is 14.6. The number of aliphatic carboxylic acids is 1. The zero-order valence-corrected chi connectivity index (χ0v) is 13.4. The Morgan fingerprint density at radius 3 is 2.57 bits per heavy atom. The lowest BCUT2D eigenvalue weighted by molar-refractivity contribution is -0.138. The number of carboxylic acid groups (broad SMARTS) is 1. The van der Waals surface area contributed by atoms with Gasteiger partial charge in [-0.25, -0.2) is 0 Å². The SMILES string of the molecule is COc1cccc(Oc2ccc(C3NC(C(=O)O)CS3)cc2)c1. The predicted octanol–water partition coefficient (Wildman–Crippen LogP) is 3.28. The summed E-state index contributed by atoms with van der Waals surface area (Å²) in [6.07, 6.45) is 0. The highest BCUT2D eigenvalue weighted by atomic mass is 32.2. The lowest BCUT2D eigenvalue weighted by Gasteiger charge is -2.12. The third-order valence-corrected chi connectivity index (χ3v) is 4.81. The predicted molar refractivity (Wildman–Crippen MR) is 89.3 cm³/mol. The van der Waals surface area contributed by atoms with Gasteiger partial charge in [0.25, 0.3) is 0 Å². The Hall–Kier alpha value is -2.18. The molecule has 0 radical (unpaired) electrons. The molecule has 0 amide bonds. The van der Waals surface area contributed by atoms with Gasteiger partial charge in [-0.2, -0.15) is 0 Å². The lowest BCUT2D eigenvalue weighted by Crippen LogP contribution is -2.33. The van der Waals surface area contributed by atoms with E-state index in [0.717, 1.165) is 17.1 Å². The lowest BCUT2D eigenvalue weighted by atomic mass is 10.2. The van der Waals surface area contributed by atoms with Gasteiger partial charge in [0, 0.05) is 11.8 Å². The number of nitrogens with one attached hydrogen (secondary N) is 1. The first kappa shape index (κ1) is 15.7. The van der Waals surface area contributed by atoms with Crippen molar-refractivity contribution in [3.8, 4) is 17.2 Å². The quantitative estimate of drug-likeness (QED) is 0.876. The van der Waals surface area contributed by atoms with Crippen LogP contribution in [0.5, 0.6) is 17.2 Å². The number of carbonyl (C=O) groups is 1. The van der Waals surface area contributed by atoms with E-state index in [9.17, 15) is 4.79 Å². The number of thioether (sulfide) groups is 1. The van der Waals surface area contributed by atoms with Gasteiger partial charge in [0.2, 0.25) is 0 Å². The number of benzene rings is 2. The smallest absolute Gasteiger partial charge is 0.321 e. The van der Waals surface area contributed by atoms with E-state index < -0.39 is 12.0 Å². The minimum absolute atomic E-state index is 0.00182.